The van der Waals surface area contributed by atoms with E-state index < -0.39 is 11.9 Å². The first-order valence-corrected chi connectivity index (χ1v) is 10.2. The van der Waals surface area contributed by atoms with Crippen LogP contribution in [0.5, 0.6) is 11.5 Å². The molecule has 0 bridgehead atoms. The van der Waals surface area contributed by atoms with Gasteiger partial charge in [-0.15, -0.1) is 5.10 Å². The summed E-state index contributed by atoms with van der Waals surface area (Å²) in [5, 5.41) is 10.8. The fraction of sp³-hybridized carbons (Fsp3) is 0.250. The zero-order chi connectivity index (χ0) is 22.1. The number of carbonyl (C=O) groups is 2. The summed E-state index contributed by atoms with van der Waals surface area (Å²) in [6.07, 6.45) is 7.95. The second-order valence-corrected chi connectivity index (χ2v) is 7.06. The van der Waals surface area contributed by atoms with E-state index >= 15 is 0 Å². The summed E-state index contributed by atoms with van der Waals surface area (Å²) < 4.78 is 17.9. The van der Waals surface area contributed by atoms with E-state index in [2.05, 4.69) is 25.2 Å². The number of benzene rings is 1. The van der Waals surface area contributed by atoms with Crippen LogP contribution in [0.1, 0.15) is 12.5 Å². The molecular weight excluding hydrogens is 422 g/mol. The highest BCUT2D eigenvalue weighted by molar-refractivity contribution is 8.18. The molecule has 0 aliphatic carbocycles. The molecule has 0 unspecified atom stereocenters. The molecule has 1 amide bonds. The molecular formula is C20H21N5O5S. The third-order valence-electron chi connectivity index (χ3n) is 3.89. The number of hydrogen-bond acceptors (Lipinski definition) is 9. The van der Waals surface area contributed by atoms with E-state index in [1.165, 1.54) is 13.3 Å². The van der Waals surface area contributed by atoms with Gasteiger partial charge in [0.1, 0.15) is 6.61 Å². The first kappa shape index (κ1) is 22.1. The smallest absolute Gasteiger partial charge is 0.331 e. The highest BCUT2D eigenvalue weighted by Gasteiger charge is 2.25. The number of rotatable bonds is 9. The number of thioether (sulfide) groups is 1. The fourth-order valence-corrected chi connectivity index (χ4v) is 3.20. The summed E-state index contributed by atoms with van der Waals surface area (Å²) in [4.78, 5) is 27.3. The Morgan fingerprint density at radius 1 is 1.32 bits per heavy atom. The summed E-state index contributed by atoms with van der Waals surface area (Å²) in [5.74, 6) is 0.177. The minimum absolute atomic E-state index is 0.191. The molecule has 0 spiro atoms. The van der Waals surface area contributed by atoms with Gasteiger partial charge in [0.2, 0.25) is 0 Å². The van der Waals surface area contributed by atoms with Crippen molar-refractivity contribution in [3.05, 3.63) is 53.5 Å². The number of ether oxygens (including phenoxy) is 3. The minimum atomic E-state index is -0.613. The fourth-order valence-electron chi connectivity index (χ4n) is 2.46. The minimum Gasteiger partial charge on any atom is -0.490 e. The molecule has 1 aromatic carbocycles. The Morgan fingerprint density at radius 2 is 2.19 bits per heavy atom. The number of methoxy groups -OCH3 is 1. The van der Waals surface area contributed by atoms with Gasteiger partial charge in [0.25, 0.3) is 5.91 Å². The molecule has 2 aromatic rings. The Balaban J connectivity index is 1.63. The summed E-state index contributed by atoms with van der Waals surface area (Å²) >= 11 is 1.00. The van der Waals surface area contributed by atoms with Crippen LogP contribution in [0.3, 0.4) is 0 Å². The standard InChI is InChI=1S/C20H21N5O5S/c1-3-29-16-10-14(4-5-15(16)30-9-8-25-7-6-21-13-25)12-22-24-20-23-19(27)17(31-20)11-18(26)28-2/h4-7,10-13H,3,8-9H2,1-2H3,(H,23,24,27)/b17-11+,22-12?. The predicted octanol–water partition coefficient (Wildman–Crippen LogP) is 1.97. The molecule has 1 N–H and O–H groups in total. The number of amidine groups is 1. The van der Waals surface area contributed by atoms with Gasteiger partial charge in [-0.3, -0.25) is 10.1 Å². The number of esters is 1. The predicted molar refractivity (Wildman–Crippen MR) is 116 cm³/mol. The monoisotopic (exact) mass is 443 g/mol. The van der Waals surface area contributed by atoms with Crippen LogP contribution >= 0.6 is 11.8 Å². The van der Waals surface area contributed by atoms with Gasteiger partial charge in [-0.25, -0.2) is 9.78 Å². The van der Waals surface area contributed by atoms with Crippen molar-refractivity contribution < 1.29 is 23.8 Å². The van der Waals surface area contributed by atoms with E-state index in [1.54, 1.807) is 24.7 Å². The van der Waals surface area contributed by atoms with E-state index in [-0.39, 0.29) is 10.1 Å². The average molecular weight is 443 g/mol. The number of nitrogens with zero attached hydrogens (tertiary/aromatic N) is 4. The number of imidazole rings is 1. The zero-order valence-electron chi connectivity index (χ0n) is 17.0. The molecule has 0 radical (unpaired) electrons. The van der Waals surface area contributed by atoms with Crippen molar-refractivity contribution in [2.45, 2.75) is 13.5 Å². The molecule has 1 aromatic heterocycles. The van der Waals surface area contributed by atoms with Crippen molar-refractivity contribution in [2.75, 3.05) is 20.3 Å². The van der Waals surface area contributed by atoms with Crippen molar-refractivity contribution in [3.63, 3.8) is 0 Å². The Bertz CT molecular complexity index is 1020. The van der Waals surface area contributed by atoms with E-state index in [0.29, 0.717) is 31.3 Å². The van der Waals surface area contributed by atoms with Gasteiger partial charge in [0.05, 0.1) is 37.7 Å². The molecule has 2 heterocycles. The van der Waals surface area contributed by atoms with Crippen molar-refractivity contribution in [3.8, 4) is 11.5 Å². The van der Waals surface area contributed by atoms with E-state index in [0.717, 1.165) is 23.4 Å². The van der Waals surface area contributed by atoms with Crippen LogP contribution in [0, 0.1) is 0 Å². The molecule has 1 aliphatic rings. The highest BCUT2D eigenvalue weighted by atomic mass is 32.2. The maximum absolute atomic E-state index is 11.8. The number of amides is 1. The second kappa shape index (κ2) is 11.0. The topological polar surface area (TPSA) is 116 Å². The van der Waals surface area contributed by atoms with Gasteiger partial charge < -0.3 is 18.8 Å². The summed E-state index contributed by atoms with van der Waals surface area (Å²) in [7, 11) is 1.24. The zero-order valence-corrected chi connectivity index (χ0v) is 17.8. The lowest BCUT2D eigenvalue weighted by atomic mass is 10.2. The van der Waals surface area contributed by atoms with Crippen molar-refractivity contribution >= 4 is 35.0 Å². The number of hydrogen-bond donors (Lipinski definition) is 1. The Kier molecular flexibility index (Phi) is 7.82. The molecule has 1 fully saturated rings. The van der Waals surface area contributed by atoms with Crippen LogP contribution in [0.2, 0.25) is 0 Å². The maximum atomic E-state index is 11.8. The van der Waals surface area contributed by atoms with Crippen molar-refractivity contribution in [1.29, 1.82) is 0 Å². The van der Waals surface area contributed by atoms with Crippen molar-refractivity contribution in [1.82, 2.24) is 14.9 Å². The third-order valence-corrected chi connectivity index (χ3v) is 4.79. The van der Waals surface area contributed by atoms with Crippen LogP contribution in [0.4, 0.5) is 0 Å². The summed E-state index contributed by atoms with van der Waals surface area (Å²) in [5.41, 5.74) is 0.745. The molecule has 10 nitrogen and oxygen atoms in total. The number of carbonyl (C=O) groups excluding carboxylic acids is 2. The molecule has 1 saturated heterocycles. The highest BCUT2D eigenvalue weighted by Crippen LogP contribution is 2.28. The third kappa shape index (κ3) is 6.44. The van der Waals surface area contributed by atoms with Crippen LogP contribution < -0.4 is 14.8 Å². The van der Waals surface area contributed by atoms with Gasteiger partial charge >= 0.3 is 5.97 Å². The molecule has 3 rings (SSSR count). The van der Waals surface area contributed by atoms with Gasteiger partial charge in [-0.2, -0.15) is 5.10 Å². The molecule has 1 aliphatic heterocycles. The van der Waals surface area contributed by atoms with E-state index in [1.807, 2.05) is 23.8 Å². The lowest BCUT2D eigenvalue weighted by Crippen LogP contribution is -2.19. The second-order valence-electron chi connectivity index (χ2n) is 6.03. The lowest BCUT2D eigenvalue weighted by molar-refractivity contribution is -0.135. The normalized spacial score (nSPS) is 16.1. The van der Waals surface area contributed by atoms with Gasteiger partial charge in [0.15, 0.2) is 16.7 Å². The van der Waals surface area contributed by atoms with Gasteiger partial charge in [-0.05, 0) is 42.4 Å². The van der Waals surface area contributed by atoms with E-state index in [4.69, 9.17) is 9.47 Å². The number of nitrogens with one attached hydrogen (secondary N) is 1. The average Bonchev–Trinajstić information content (AvgIpc) is 3.39. The van der Waals surface area contributed by atoms with Crippen LogP contribution in [-0.4, -0.2) is 53.1 Å². The molecule has 31 heavy (non-hydrogen) atoms. The molecule has 11 heteroatoms. The molecule has 162 valence electrons. The van der Waals surface area contributed by atoms with Crippen LogP contribution in [-0.2, 0) is 20.9 Å². The first-order chi connectivity index (χ1) is 15.1. The lowest BCUT2D eigenvalue weighted by Gasteiger charge is -2.12. The van der Waals surface area contributed by atoms with Crippen LogP contribution in [0.15, 0.2) is 58.1 Å². The quantitative estimate of drug-likeness (QED) is 0.273. The van der Waals surface area contributed by atoms with Gasteiger partial charge in [-0.1, -0.05) is 0 Å². The van der Waals surface area contributed by atoms with E-state index in [9.17, 15) is 9.59 Å². The summed E-state index contributed by atoms with van der Waals surface area (Å²) in [6.45, 7) is 3.51. The Hall–Kier alpha value is -3.60. The molecule has 0 atom stereocenters. The summed E-state index contributed by atoms with van der Waals surface area (Å²) in [6, 6.07) is 5.42. The number of aromatic nitrogens is 2. The largest absolute Gasteiger partial charge is 0.490 e. The Morgan fingerprint density at radius 3 is 2.94 bits per heavy atom. The van der Waals surface area contributed by atoms with Crippen molar-refractivity contribution in [2.24, 2.45) is 10.2 Å². The van der Waals surface area contributed by atoms with Gasteiger partial charge in [0, 0.05) is 18.5 Å². The first-order valence-electron chi connectivity index (χ1n) is 9.34. The SMILES string of the molecule is CCOc1cc(C=N/N=C2/NC(=O)/C(=C\C(=O)OC)S2)ccc1OCCn1ccnc1. The Labute approximate surface area is 183 Å². The molecule has 0 saturated carbocycles. The maximum Gasteiger partial charge on any atom is 0.331 e. The van der Waals surface area contributed by atoms with Crippen LogP contribution in [0.25, 0.3) is 0 Å².